The van der Waals surface area contributed by atoms with E-state index in [0.717, 1.165) is 12.8 Å². The SMILES string of the molecule is CCC(=O)[C@H]1C(CC)=C(CC)[C@H](C)[C@H](C(=O)CC)[C@@H]1C. The molecule has 0 fully saturated rings. The molecule has 0 aromatic carbocycles. The van der Waals surface area contributed by atoms with Crippen molar-refractivity contribution in [2.75, 3.05) is 0 Å². The number of carbonyl (C=O) groups excluding carboxylic acids is 2. The Morgan fingerprint density at radius 3 is 1.75 bits per heavy atom. The third-order valence-corrected chi connectivity index (χ3v) is 5.15. The normalized spacial score (nSPS) is 30.5. The molecule has 1 aliphatic carbocycles. The van der Waals surface area contributed by atoms with Crippen molar-refractivity contribution in [3.63, 3.8) is 0 Å². The van der Waals surface area contributed by atoms with E-state index in [2.05, 4.69) is 27.7 Å². The van der Waals surface area contributed by atoms with E-state index >= 15 is 0 Å². The second kappa shape index (κ2) is 7.19. The van der Waals surface area contributed by atoms with Gasteiger partial charge in [0.1, 0.15) is 11.6 Å². The Kier molecular flexibility index (Phi) is 6.16. The molecular formula is C18H30O2. The highest BCUT2D eigenvalue weighted by molar-refractivity contribution is 5.87. The summed E-state index contributed by atoms with van der Waals surface area (Å²) in [7, 11) is 0. The summed E-state index contributed by atoms with van der Waals surface area (Å²) in [5, 5.41) is 0. The zero-order chi connectivity index (χ0) is 15.4. The summed E-state index contributed by atoms with van der Waals surface area (Å²) in [5.41, 5.74) is 2.68. The van der Waals surface area contributed by atoms with Crippen LogP contribution in [-0.4, -0.2) is 11.6 Å². The highest BCUT2D eigenvalue weighted by Gasteiger charge is 2.43. The Hall–Kier alpha value is -0.920. The fraction of sp³-hybridized carbons (Fsp3) is 0.778. The lowest BCUT2D eigenvalue weighted by atomic mass is 9.61. The Balaban J connectivity index is 3.37. The first-order valence-electron chi connectivity index (χ1n) is 8.21. The van der Waals surface area contributed by atoms with Gasteiger partial charge in [-0.05, 0) is 24.7 Å². The zero-order valence-corrected chi connectivity index (χ0v) is 14.0. The molecule has 0 bridgehead atoms. The topological polar surface area (TPSA) is 34.1 Å². The number of hydrogen-bond donors (Lipinski definition) is 0. The van der Waals surface area contributed by atoms with Crippen molar-refractivity contribution in [1.82, 2.24) is 0 Å². The molecule has 114 valence electrons. The van der Waals surface area contributed by atoms with Gasteiger partial charge in [-0.15, -0.1) is 0 Å². The second-order valence-electron chi connectivity index (χ2n) is 6.05. The first-order chi connectivity index (χ1) is 9.44. The van der Waals surface area contributed by atoms with Crippen LogP contribution < -0.4 is 0 Å². The molecule has 0 aromatic rings. The number of allylic oxidation sites excluding steroid dienone is 2. The Bertz CT molecular complexity index is 406. The maximum atomic E-state index is 12.4. The molecule has 0 aromatic heterocycles. The quantitative estimate of drug-likeness (QED) is 0.666. The average molecular weight is 278 g/mol. The van der Waals surface area contributed by atoms with Crippen LogP contribution in [0.3, 0.4) is 0 Å². The third-order valence-electron chi connectivity index (χ3n) is 5.15. The Labute approximate surface area is 124 Å². The summed E-state index contributed by atoms with van der Waals surface area (Å²) in [6.45, 7) is 12.4. The molecule has 0 N–H and O–H groups in total. The van der Waals surface area contributed by atoms with E-state index in [9.17, 15) is 9.59 Å². The van der Waals surface area contributed by atoms with E-state index in [1.165, 1.54) is 11.1 Å². The standard InChI is InChI=1S/C18H30O2/c1-7-13-11(5)17(15(19)9-3)12(6)18(14(13)8-2)16(20)10-4/h11-12,17-18H,7-10H2,1-6H3/t11-,12-,17-,18+/m0/s1. The maximum Gasteiger partial charge on any atom is 0.140 e. The molecule has 0 spiro atoms. The van der Waals surface area contributed by atoms with Gasteiger partial charge in [-0.1, -0.05) is 52.7 Å². The van der Waals surface area contributed by atoms with E-state index in [4.69, 9.17) is 0 Å². The van der Waals surface area contributed by atoms with Crippen molar-refractivity contribution in [3.8, 4) is 0 Å². The van der Waals surface area contributed by atoms with Crippen LogP contribution in [0, 0.1) is 23.7 Å². The van der Waals surface area contributed by atoms with Crippen LogP contribution in [0.4, 0.5) is 0 Å². The molecule has 0 amide bonds. The minimum atomic E-state index is -0.0309. The molecule has 1 rings (SSSR count). The van der Waals surface area contributed by atoms with Crippen LogP contribution in [0.1, 0.15) is 67.2 Å². The van der Waals surface area contributed by atoms with Crippen molar-refractivity contribution in [2.24, 2.45) is 23.7 Å². The van der Waals surface area contributed by atoms with Crippen LogP contribution in [0.2, 0.25) is 0 Å². The first kappa shape index (κ1) is 17.1. The molecule has 0 saturated heterocycles. The molecule has 0 heterocycles. The molecule has 20 heavy (non-hydrogen) atoms. The summed E-state index contributed by atoms with van der Waals surface area (Å²) in [4.78, 5) is 24.8. The van der Waals surface area contributed by atoms with Crippen LogP contribution in [-0.2, 0) is 9.59 Å². The molecular weight excluding hydrogens is 248 g/mol. The molecule has 2 heteroatoms. The summed E-state index contributed by atoms with van der Waals surface area (Å²) in [5.74, 6) is 1.05. The summed E-state index contributed by atoms with van der Waals surface area (Å²) < 4.78 is 0. The summed E-state index contributed by atoms with van der Waals surface area (Å²) in [6.07, 6.45) is 3.03. The summed E-state index contributed by atoms with van der Waals surface area (Å²) in [6, 6.07) is 0. The van der Waals surface area contributed by atoms with E-state index in [0.29, 0.717) is 30.3 Å². The maximum absolute atomic E-state index is 12.4. The van der Waals surface area contributed by atoms with Crippen LogP contribution >= 0.6 is 0 Å². The van der Waals surface area contributed by atoms with Gasteiger partial charge in [0.25, 0.3) is 0 Å². The van der Waals surface area contributed by atoms with Gasteiger partial charge in [0.2, 0.25) is 0 Å². The lowest BCUT2D eigenvalue weighted by Gasteiger charge is -2.42. The van der Waals surface area contributed by atoms with E-state index in [1.54, 1.807) is 0 Å². The predicted octanol–water partition coefficient (Wildman–Crippen LogP) is 4.58. The van der Waals surface area contributed by atoms with E-state index < -0.39 is 0 Å². The van der Waals surface area contributed by atoms with Gasteiger partial charge in [-0.2, -0.15) is 0 Å². The van der Waals surface area contributed by atoms with Crippen molar-refractivity contribution in [3.05, 3.63) is 11.1 Å². The number of ketones is 2. The van der Waals surface area contributed by atoms with Crippen molar-refractivity contribution < 1.29 is 9.59 Å². The van der Waals surface area contributed by atoms with Gasteiger partial charge in [0.05, 0.1) is 0 Å². The van der Waals surface area contributed by atoms with Gasteiger partial charge < -0.3 is 0 Å². The second-order valence-corrected chi connectivity index (χ2v) is 6.05. The molecule has 0 saturated carbocycles. The zero-order valence-electron chi connectivity index (χ0n) is 14.0. The number of carbonyl (C=O) groups is 2. The molecule has 4 atom stereocenters. The van der Waals surface area contributed by atoms with Crippen LogP contribution in [0.5, 0.6) is 0 Å². The van der Waals surface area contributed by atoms with Crippen LogP contribution in [0.15, 0.2) is 11.1 Å². The number of rotatable bonds is 6. The highest BCUT2D eigenvalue weighted by atomic mass is 16.1. The largest absolute Gasteiger partial charge is 0.299 e. The molecule has 0 aliphatic heterocycles. The smallest absolute Gasteiger partial charge is 0.140 e. The van der Waals surface area contributed by atoms with Gasteiger partial charge in [0, 0.05) is 24.7 Å². The lowest BCUT2D eigenvalue weighted by molar-refractivity contribution is -0.129. The van der Waals surface area contributed by atoms with Crippen LogP contribution in [0.25, 0.3) is 0 Å². The van der Waals surface area contributed by atoms with E-state index in [1.807, 2.05) is 13.8 Å². The molecule has 1 aliphatic rings. The monoisotopic (exact) mass is 278 g/mol. The van der Waals surface area contributed by atoms with Gasteiger partial charge in [-0.25, -0.2) is 0 Å². The lowest BCUT2D eigenvalue weighted by Crippen LogP contribution is -2.41. The Morgan fingerprint density at radius 1 is 0.850 bits per heavy atom. The molecule has 0 radical (unpaired) electrons. The third kappa shape index (κ3) is 2.89. The van der Waals surface area contributed by atoms with Gasteiger partial charge >= 0.3 is 0 Å². The minimum Gasteiger partial charge on any atom is -0.299 e. The minimum absolute atomic E-state index is 0.0192. The highest BCUT2D eigenvalue weighted by Crippen LogP contribution is 2.46. The number of Topliss-reactive ketones (excluding diaryl/α,β-unsaturated/α-hetero) is 2. The van der Waals surface area contributed by atoms with Gasteiger partial charge in [-0.3, -0.25) is 9.59 Å². The van der Waals surface area contributed by atoms with Crippen molar-refractivity contribution in [2.45, 2.75) is 67.2 Å². The molecule has 2 nitrogen and oxygen atoms in total. The fourth-order valence-corrected chi connectivity index (χ4v) is 4.20. The predicted molar refractivity (Wildman–Crippen MR) is 83.5 cm³/mol. The summed E-state index contributed by atoms with van der Waals surface area (Å²) >= 11 is 0. The number of hydrogen-bond acceptors (Lipinski definition) is 2. The van der Waals surface area contributed by atoms with Crippen molar-refractivity contribution >= 4 is 11.6 Å². The van der Waals surface area contributed by atoms with Gasteiger partial charge in [0.15, 0.2) is 0 Å². The fourth-order valence-electron chi connectivity index (χ4n) is 4.20. The Morgan fingerprint density at radius 2 is 1.35 bits per heavy atom. The van der Waals surface area contributed by atoms with Crippen molar-refractivity contribution in [1.29, 1.82) is 0 Å². The average Bonchev–Trinajstić information content (AvgIpc) is 2.45. The molecule has 0 unspecified atom stereocenters. The van der Waals surface area contributed by atoms with E-state index in [-0.39, 0.29) is 17.8 Å². The first-order valence-corrected chi connectivity index (χ1v) is 8.21.